The van der Waals surface area contributed by atoms with Crippen molar-refractivity contribution in [1.29, 1.82) is 0 Å². The van der Waals surface area contributed by atoms with Gasteiger partial charge in [-0.3, -0.25) is 4.79 Å². The molecule has 2 rings (SSSR count). The van der Waals surface area contributed by atoms with Gasteiger partial charge in [-0.1, -0.05) is 11.6 Å². The molecule has 0 N–H and O–H groups in total. The molecule has 0 radical (unpaired) electrons. The lowest BCUT2D eigenvalue weighted by Gasteiger charge is -2.29. The molecule has 0 fully saturated rings. The highest BCUT2D eigenvalue weighted by molar-refractivity contribution is 6.31. The number of amides is 1. The lowest BCUT2D eigenvalue weighted by atomic mass is 10.2. The summed E-state index contributed by atoms with van der Waals surface area (Å²) in [5.74, 6) is 1.56. The molecule has 2 aromatic rings. The van der Waals surface area contributed by atoms with Crippen LogP contribution >= 0.6 is 11.6 Å². The van der Waals surface area contributed by atoms with Gasteiger partial charge in [0.2, 0.25) is 0 Å². The van der Waals surface area contributed by atoms with Crippen LogP contribution in [0.5, 0.6) is 5.75 Å². The first-order valence-electron chi connectivity index (χ1n) is 8.10. The summed E-state index contributed by atoms with van der Waals surface area (Å²) >= 11 is 6.00. The van der Waals surface area contributed by atoms with Gasteiger partial charge in [-0.2, -0.15) is 0 Å². The highest BCUT2D eigenvalue weighted by Crippen LogP contribution is 2.22. The standard InChI is InChI=1S/C19H24ClNO3/c1-12(2)21(13(3)4)19(22)18-9-7-16(24-18)11-23-15-6-8-17(20)14(5)10-15/h6-10,12-13H,11H2,1-5H3. The van der Waals surface area contributed by atoms with E-state index in [-0.39, 0.29) is 24.6 Å². The Morgan fingerprint density at radius 1 is 1.17 bits per heavy atom. The van der Waals surface area contributed by atoms with Crippen LogP contribution < -0.4 is 4.74 Å². The molecule has 24 heavy (non-hydrogen) atoms. The molecule has 0 aliphatic rings. The summed E-state index contributed by atoms with van der Waals surface area (Å²) < 4.78 is 11.4. The molecule has 1 aromatic carbocycles. The van der Waals surface area contributed by atoms with Crippen molar-refractivity contribution in [3.63, 3.8) is 0 Å². The Hall–Kier alpha value is -1.94. The number of furan rings is 1. The van der Waals surface area contributed by atoms with Crippen molar-refractivity contribution in [3.8, 4) is 5.75 Å². The smallest absolute Gasteiger partial charge is 0.290 e. The number of ether oxygens (including phenoxy) is 1. The molecule has 0 bridgehead atoms. The van der Waals surface area contributed by atoms with E-state index < -0.39 is 0 Å². The van der Waals surface area contributed by atoms with Crippen LogP contribution in [0, 0.1) is 6.92 Å². The quantitative estimate of drug-likeness (QED) is 0.730. The summed E-state index contributed by atoms with van der Waals surface area (Å²) in [6, 6.07) is 9.17. The van der Waals surface area contributed by atoms with Crippen molar-refractivity contribution in [3.05, 3.63) is 52.4 Å². The van der Waals surface area contributed by atoms with Gasteiger partial charge in [0.15, 0.2) is 5.76 Å². The van der Waals surface area contributed by atoms with E-state index in [9.17, 15) is 4.79 Å². The number of carbonyl (C=O) groups is 1. The highest BCUT2D eigenvalue weighted by atomic mass is 35.5. The summed E-state index contributed by atoms with van der Waals surface area (Å²) in [6.07, 6.45) is 0. The zero-order valence-electron chi connectivity index (χ0n) is 14.8. The Bertz CT molecular complexity index is 698. The van der Waals surface area contributed by atoms with Crippen LogP contribution in [-0.4, -0.2) is 22.9 Å². The Morgan fingerprint density at radius 2 is 1.83 bits per heavy atom. The van der Waals surface area contributed by atoms with Gasteiger partial charge in [0, 0.05) is 17.1 Å². The van der Waals surface area contributed by atoms with Crippen molar-refractivity contribution in [1.82, 2.24) is 4.90 Å². The van der Waals surface area contributed by atoms with E-state index in [4.69, 9.17) is 20.8 Å². The van der Waals surface area contributed by atoms with Gasteiger partial charge in [-0.15, -0.1) is 0 Å². The van der Waals surface area contributed by atoms with Crippen LogP contribution in [0.3, 0.4) is 0 Å². The second-order valence-electron chi connectivity index (χ2n) is 6.37. The van der Waals surface area contributed by atoms with Crippen molar-refractivity contribution in [2.45, 2.75) is 53.3 Å². The first-order chi connectivity index (χ1) is 11.3. The van der Waals surface area contributed by atoms with Gasteiger partial charge in [-0.05, 0) is 70.5 Å². The fraction of sp³-hybridized carbons (Fsp3) is 0.421. The summed E-state index contributed by atoms with van der Waals surface area (Å²) in [7, 11) is 0. The lowest BCUT2D eigenvalue weighted by molar-refractivity contribution is 0.0606. The number of aryl methyl sites for hydroxylation is 1. The monoisotopic (exact) mass is 349 g/mol. The Morgan fingerprint density at radius 3 is 2.42 bits per heavy atom. The van der Waals surface area contributed by atoms with E-state index in [1.54, 1.807) is 23.1 Å². The normalized spacial score (nSPS) is 11.2. The Balaban J connectivity index is 2.04. The summed E-state index contributed by atoms with van der Waals surface area (Å²) in [6.45, 7) is 10.2. The lowest BCUT2D eigenvalue weighted by Crippen LogP contribution is -2.41. The van der Waals surface area contributed by atoms with Gasteiger partial charge in [0.25, 0.3) is 5.91 Å². The van der Waals surface area contributed by atoms with E-state index in [1.165, 1.54) is 0 Å². The first-order valence-corrected chi connectivity index (χ1v) is 8.47. The highest BCUT2D eigenvalue weighted by Gasteiger charge is 2.24. The molecule has 1 heterocycles. The van der Waals surface area contributed by atoms with E-state index in [0.717, 1.165) is 5.56 Å². The zero-order valence-corrected chi connectivity index (χ0v) is 15.6. The average Bonchev–Trinajstić information content (AvgIpc) is 2.96. The summed E-state index contributed by atoms with van der Waals surface area (Å²) in [4.78, 5) is 14.4. The number of benzene rings is 1. The fourth-order valence-corrected chi connectivity index (χ4v) is 2.74. The topological polar surface area (TPSA) is 42.7 Å². The maximum Gasteiger partial charge on any atom is 0.290 e. The SMILES string of the molecule is Cc1cc(OCc2ccc(C(=O)N(C(C)C)C(C)C)o2)ccc1Cl. The maximum absolute atomic E-state index is 12.6. The molecule has 0 aliphatic carbocycles. The third kappa shape index (κ3) is 4.32. The third-order valence-electron chi connectivity index (χ3n) is 3.73. The second kappa shape index (κ2) is 7.75. The minimum absolute atomic E-state index is 0.103. The first kappa shape index (κ1) is 18.4. The number of halogens is 1. The molecule has 5 heteroatoms. The van der Waals surface area contributed by atoms with Crippen LogP contribution in [0.15, 0.2) is 34.7 Å². The molecule has 0 unspecified atom stereocenters. The predicted molar refractivity (Wildman–Crippen MR) is 95.7 cm³/mol. The molecule has 0 aliphatic heterocycles. The molecule has 130 valence electrons. The molecule has 4 nitrogen and oxygen atoms in total. The van der Waals surface area contributed by atoms with Crippen LogP contribution in [0.1, 0.15) is 49.6 Å². The molecular formula is C19H24ClNO3. The van der Waals surface area contributed by atoms with Crippen molar-refractivity contribution < 1.29 is 13.9 Å². The number of carbonyl (C=O) groups excluding carboxylic acids is 1. The minimum atomic E-state index is -0.103. The van der Waals surface area contributed by atoms with Crippen LogP contribution in [0.2, 0.25) is 5.02 Å². The summed E-state index contributed by atoms with van der Waals surface area (Å²) in [5, 5.41) is 0.704. The molecule has 1 aromatic heterocycles. The zero-order chi connectivity index (χ0) is 17.9. The average molecular weight is 350 g/mol. The molecule has 0 saturated heterocycles. The van der Waals surface area contributed by atoms with Crippen molar-refractivity contribution in [2.24, 2.45) is 0 Å². The van der Waals surface area contributed by atoms with Crippen LogP contribution in [-0.2, 0) is 6.61 Å². The maximum atomic E-state index is 12.6. The van der Waals surface area contributed by atoms with Gasteiger partial charge in [0.1, 0.15) is 18.1 Å². The summed E-state index contributed by atoms with van der Waals surface area (Å²) in [5.41, 5.74) is 0.953. The van der Waals surface area contributed by atoms with Gasteiger partial charge >= 0.3 is 0 Å². The van der Waals surface area contributed by atoms with Crippen molar-refractivity contribution >= 4 is 17.5 Å². The van der Waals surface area contributed by atoms with E-state index in [1.807, 2.05) is 46.8 Å². The van der Waals surface area contributed by atoms with Crippen molar-refractivity contribution in [2.75, 3.05) is 0 Å². The molecule has 0 saturated carbocycles. The van der Waals surface area contributed by atoms with Crippen LogP contribution in [0.25, 0.3) is 0 Å². The fourth-order valence-electron chi connectivity index (χ4n) is 2.62. The molecule has 0 atom stereocenters. The molecule has 0 spiro atoms. The largest absolute Gasteiger partial charge is 0.486 e. The number of hydrogen-bond donors (Lipinski definition) is 0. The van der Waals surface area contributed by atoms with E-state index in [0.29, 0.717) is 22.3 Å². The third-order valence-corrected chi connectivity index (χ3v) is 4.15. The molecule has 1 amide bonds. The Labute approximate surface area is 148 Å². The molecular weight excluding hydrogens is 326 g/mol. The van der Waals surface area contributed by atoms with Crippen LogP contribution in [0.4, 0.5) is 0 Å². The van der Waals surface area contributed by atoms with E-state index >= 15 is 0 Å². The minimum Gasteiger partial charge on any atom is -0.486 e. The number of rotatable bonds is 6. The van der Waals surface area contributed by atoms with Gasteiger partial charge < -0.3 is 14.1 Å². The number of nitrogens with zero attached hydrogens (tertiary/aromatic N) is 1. The van der Waals surface area contributed by atoms with Gasteiger partial charge in [0.05, 0.1) is 0 Å². The Kier molecular flexibility index (Phi) is 5.94. The second-order valence-corrected chi connectivity index (χ2v) is 6.77. The predicted octanol–water partition coefficient (Wildman–Crippen LogP) is 5.08. The van der Waals surface area contributed by atoms with Gasteiger partial charge in [-0.25, -0.2) is 0 Å². The number of hydrogen-bond acceptors (Lipinski definition) is 3. The van der Waals surface area contributed by atoms with E-state index in [2.05, 4.69) is 0 Å².